The minimum atomic E-state index is -0.0180. The Kier molecular flexibility index (Phi) is 4.21. The summed E-state index contributed by atoms with van der Waals surface area (Å²) in [5.74, 6) is 0.118. The summed E-state index contributed by atoms with van der Waals surface area (Å²) < 4.78 is 1.78. The minimum absolute atomic E-state index is 0.0180. The Morgan fingerprint density at radius 2 is 2.20 bits per heavy atom. The molecule has 0 bridgehead atoms. The Labute approximate surface area is 148 Å². The maximum Gasteiger partial charge on any atom is 0.220 e. The number of hydrogen-bond acceptors (Lipinski definition) is 4. The van der Waals surface area contributed by atoms with E-state index in [4.69, 9.17) is 0 Å². The highest BCUT2D eigenvalue weighted by molar-refractivity contribution is 5.77. The van der Waals surface area contributed by atoms with E-state index in [2.05, 4.69) is 45.9 Å². The number of carbonyl (C=O) groups excluding carboxylic acids is 1. The topological polar surface area (TPSA) is 62.2 Å². The molecule has 1 amide bonds. The number of amides is 1. The second-order valence-corrected chi connectivity index (χ2v) is 7.15. The molecule has 0 aliphatic carbocycles. The monoisotopic (exact) mass is 339 g/mol. The van der Waals surface area contributed by atoms with Crippen LogP contribution in [0.15, 0.2) is 30.6 Å². The molecule has 6 heteroatoms. The molecule has 2 aromatic rings. The van der Waals surface area contributed by atoms with E-state index in [1.807, 2.05) is 19.4 Å². The molecular formula is C19H25N5O. The molecule has 3 heterocycles. The summed E-state index contributed by atoms with van der Waals surface area (Å²) in [4.78, 5) is 14.2. The fraction of sp³-hybridized carbons (Fsp3) is 0.474. The number of aryl methyl sites for hydroxylation is 1. The van der Waals surface area contributed by atoms with Crippen molar-refractivity contribution in [1.29, 1.82) is 0 Å². The first-order chi connectivity index (χ1) is 12.1. The Morgan fingerprint density at radius 3 is 3.00 bits per heavy atom. The van der Waals surface area contributed by atoms with E-state index in [1.165, 1.54) is 16.8 Å². The number of anilines is 1. The molecule has 0 unspecified atom stereocenters. The first kappa shape index (κ1) is 16.1. The van der Waals surface area contributed by atoms with E-state index in [-0.39, 0.29) is 18.0 Å². The normalized spacial score (nSPS) is 22.8. The first-order valence-corrected chi connectivity index (χ1v) is 8.94. The second-order valence-electron chi connectivity index (χ2n) is 7.15. The van der Waals surface area contributed by atoms with Gasteiger partial charge >= 0.3 is 0 Å². The largest absolute Gasteiger partial charge is 0.374 e. The summed E-state index contributed by atoms with van der Waals surface area (Å²) in [7, 11) is 4.05. The number of nitrogens with zero attached hydrogens (tertiary/aromatic N) is 3. The lowest BCUT2D eigenvalue weighted by Gasteiger charge is -2.32. The summed E-state index contributed by atoms with van der Waals surface area (Å²) in [5.41, 5.74) is 5.14. The Hall–Kier alpha value is -2.34. The van der Waals surface area contributed by atoms with E-state index in [0.717, 1.165) is 31.5 Å². The van der Waals surface area contributed by atoms with Crippen LogP contribution in [0.5, 0.6) is 0 Å². The van der Waals surface area contributed by atoms with E-state index >= 15 is 0 Å². The molecule has 6 nitrogen and oxygen atoms in total. The molecule has 25 heavy (non-hydrogen) atoms. The Balaban J connectivity index is 1.46. The fourth-order valence-corrected chi connectivity index (χ4v) is 3.91. The van der Waals surface area contributed by atoms with Gasteiger partial charge in [0.2, 0.25) is 5.91 Å². The highest BCUT2D eigenvalue weighted by Gasteiger charge is 2.30. The van der Waals surface area contributed by atoms with Crippen LogP contribution in [0, 0.1) is 0 Å². The molecule has 4 rings (SSSR count). The molecule has 0 radical (unpaired) electrons. The highest BCUT2D eigenvalue weighted by atomic mass is 16.1. The van der Waals surface area contributed by atoms with Crippen molar-refractivity contribution in [1.82, 2.24) is 20.4 Å². The van der Waals surface area contributed by atoms with Gasteiger partial charge in [-0.05, 0) is 30.0 Å². The van der Waals surface area contributed by atoms with Gasteiger partial charge in [0.15, 0.2) is 0 Å². The van der Waals surface area contributed by atoms with Gasteiger partial charge < -0.3 is 15.5 Å². The Bertz CT molecular complexity index is 784. The van der Waals surface area contributed by atoms with E-state index in [0.29, 0.717) is 6.42 Å². The predicted molar refractivity (Wildman–Crippen MR) is 97.4 cm³/mol. The van der Waals surface area contributed by atoms with Crippen LogP contribution in [0.4, 0.5) is 5.69 Å². The third-order valence-corrected chi connectivity index (χ3v) is 5.33. The molecule has 2 N–H and O–H groups in total. The summed E-state index contributed by atoms with van der Waals surface area (Å²) in [5, 5.41) is 11.0. The van der Waals surface area contributed by atoms with Crippen molar-refractivity contribution in [3.05, 3.63) is 47.3 Å². The second kappa shape index (κ2) is 6.52. The molecule has 0 spiro atoms. The van der Waals surface area contributed by atoms with Gasteiger partial charge in [0.05, 0.1) is 12.2 Å². The molecule has 1 saturated heterocycles. The molecule has 2 aliphatic rings. The third-order valence-electron chi connectivity index (χ3n) is 5.33. The van der Waals surface area contributed by atoms with Crippen molar-refractivity contribution in [2.45, 2.75) is 37.9 Å². The number of benzene rings is 1. The SMILES string of the molecule is CN1CCc2cc(CN[C@H]3CCC(=O)N[C@H]3c3cnn(C)c3)ccc21. The molecule has 1 aromatic heterocycles. The number of aromatic nitrogens is 2. The number of hydrogen-bond donors (Lipinski definition) is 2. The summed E-state index contributed by atoms with van der Waals surface area (Å²) >= 11 is 0. The van der Waals surface area contributed by atoms with E-state index in [1.54, 1.807) is 4.68 Å². The van der Waals surface area contributed by atoms with Crippen LogP contribution in [0.25, 0.3) is 0 Å². The van der Waals surface area contributed by atoms with Crippen LogP contribution in [-0.4, -0.2) is 35.3 Å². The highest BCUT2D eigenvalue weighted by Crippen LogP contribution is 2.28. The minimum Gasteiger partial charge on any atom is -0.374 e. The molecular weight excluding hydrogens is 314 g/mol. The molecule has 2 atom stereocenters. The molecule has 2 aliphatic heterocycles. The van der Waals surface area contributed by atoms with Gasteiger partial charge in [0.1, 0.15) is 0 Å². The van der Waals surface area contributed by atoms with E-state index in [9.17, 15) is 4.79 Å². The molecule has 0 saturated carbocycles. The van der Waals surface area contributed by atoms with Gasteiger partial charge in [-0.3, -0.25) is 9.48 Å². The van der Waals surface area contributed by atoms with Crippen LogP contribution in [0.3, 0.4) is 0 Å². The van der Waals surface area contributed by atoms with Crippen LogP contribution < -0.4 is 15.5 Å². The van der Waals surface area contributed by atoms with Gasteiger partial charge in [0.25, 0.3) is 0 Å². The maximum absolute atomic E-state index is 11.9. The number of nitrogens with one attached hydrogen (secondary N) is 2. The molecule has 1 aromatic carbocycles. The van der Waals surface area contributed by atoms with Crippen LogP contribution in [0.1, 0.15) is 35.6 Å². The summed E-state index contributed by atoms with van der Waals surface area (Å²) in [6.45, 7) is 1.91. The average Bonchev–Trinajstić information content (AvgIpc) is 3.20. The molecule has 132 valence electrons. The number of piperidine rings is 1. The van der Waals surface area contributed by atoms with Gasteiger partial charge in [-0.1, -0.05) is 12.1 Å². The standard InChI is InChI=1S/C19H25N5O/c1-23-8-7-14-9-13(3-5-17(14)23)10-20-16-4-6-18(25)22-19(16)15-11-21-24(2)12-15/h3,5,9,11-12,16,19-20H,4,6-8,10H2,1-2H3,(H,22,25)/t16-,19-/m0/s1. The lowest BCUT2D eigenvalue weighted by Crippen LogP contribution is -2.48. The third kappa shape index (κ3) is 3.26. The van der Waals surface area contributed by atoms with Gasteiger partial charge in [-0.15, -0.1) is 0 Å². The van der Waals surface area contributed by atoms with Crippen LogP contribution in [0.2, 0.25) is 0 Å². The van der Waals surface area contributed by atoms with Gasteiger partial charge in [0, 0.05) is 57.1 Å². The van der Waals surface area contributed by atoms with Crippen molar-refractivity contribution in [3.63, 3.8) is 0 Å². The van der Waals surface area contributed by atoms with Crippen molar-refractivity contribution in [2.24, 2.45) is 7.05 Å². The van der Waals surface area contributed by atoms with E-state index < -0.39 is 0 Å². The quantitative estimate of drug-likeness (QED) is 0.887. The predicted octanol–water partition coefficient (Wildman–Crippen LogP) is 1.52. The average molecular weight is 339 g/mol. The number of carbonyl (C=O) groups is 1. The summed E-state index contributed by atoms with van der Waals surface area (Å²) in [6.07, 6.45) is 6.37. The lowest BCUT2D eigenvalue weighted by atomic mass is 9.93. The molecule has 1 fully saturated rings. The number of fused-ring (bicyclic) bond motifs is 1. The maximum atomic E-state index is 11.9. The number of rotatable bonds is 4. The fourth-order valence-electron chi connectivity index (χ4n) is 3.91. The summed E-state index contributed by atoms with van der Waals surface area (Å²) in [6, 6.07) is 6.94. The zero-order chi connectivity index (χ0) is 17.4. The van der Waals surface area contributed by atoms with Crippen LogP contribution in [-0.2, 0) is 24.8 Å². The van der Waals surface area contributed by atoms with Crippen LogP contribution >= 0.6 is 0 Å². The zero-order valence-corrected chi connectivity index (χ0v) is 14.8. The first-order valence-electron chi connectivity index (χ1n) is 8.94. The Morgan fingerprint density at radius 1 is 1.32 bits per heavy atom. The van der Waals surface area contributed by atoms with Crippen molar-refractivity contribution in [2.75, 3.05) is 18.5 Å². The van der Waals surface area contributed by atoms with Gasteiger partial charge in [-0.2, -0.15) is 5.10 Å². The lowest BCUT2D eigenvalue weighted by molar-refractivity contribution is -0.123. The van der Waals surface area contributed by atoms with Crippen molar-refractivity contribution < 1.29 is 4.79 Å². The van der Waals surface area contributed by atoms with Crippen molar-refractivity contribution in [3.8, 4) is 0 Å². The smallest absolute Gasteiger partial charge is 0.220 e. The van der Waals surface area contributed by atoms with Crippen molar-refractivity contribution >= 4 is 11.6 Å². The zero-order valence-electron chi connectivity index (χ0n) is 14.8. The number of likely N-dealkylation sites (N-methyl/N-ethyl adjacent to an activating group) is 1. The van der Waals surface area contributed by atoms with Gasteiger partial charge in [-0.25, -0.2) is 0 Å².